The summed E-state index contributed by atoms with van der Waals surface area (Å²) in [5.74, 6) is -0.275. The Balaban J connectivity index is 0.00000529. The van der Waals surface area contributed by atoms with Crippen LogP contribution in [0.5, 0.6) is 0 Å². The molecule has 24 heavy (non-hydrogen) atoms. The summed E-state index contributed by atoms with van der Waals surface area (Å²) in [6, 6.07) is 6.04. The van der Waals surface area contributed by atoms with Gasteiger partial charge in [-0.3, -0.25) is 4.79 Å². The molecule has 0 fully saturated rings. The Bertz CT molecular complexity index is 642. The van der Waals surface area contributed by atoms with Crippen LogP contribution in [-0.2, 0) is 21.4 Å². The predicted molar refractivity (Wildman–Crippen MR) is 98.5 cm³/mol. The summed E-state index contributed by atoms with van der Waals surface area (Å²) < 4.78 is 27.6. The molecule has 1 rings (SSSR count). The lowest BCUT2D eigenvalue weighted by Crippen LogP contribution is -2.42. The molecule has 6 nitrogen and oxygen atoms in total. The quantitative estimate of drug-likeness (QED) is 0.675. The van der Waals surface area contributed by atoms with Gasteiger partial charge in [0.05, 0.1) is 10.9 Å². The Labute approximate surface area is 151 Å². The van der Waals surface area contributed by atoms with E-state index in [0.717, 1.165) is 6.42 Å². The summed E-state index contributed by atoms with van der Waals surface area (Å²) in [6.07, 6.45) is 1.41. The maximum absolute atomic E-state index is 12.5. The van der Waals surface area contributed by atoms with Gasteiger partial charge in [-0.05, 0) is 38.8 Å². The number of nitrogens with two attached hydrogens (primary N) is 1. The summed E-state index contributed by atoms with van der Waals surface area (Å²) >= 11 is 0. The molecule has 0 spiro atoms. The van der Waals surface area contributed by atoms with Crippen LogP contribution >= 0.6 is 12.4 Å². The third kappa shape index (κ3) is 7.17. The van der Waals surface area contributed by atoms with Crippen molar-refractivity contribution >= 4 is 28.3 Å². The predicted octanol–water partition coefficient (Wildman–Crippen LogP) is 1.93. The van der Waals surface area contributed by atoms with Gasteiger partial charge in [-0.2, -0.15) is 0 Å². The molecule has 4 N–H and O–H groups in total. The second-order valence-corrected chi connectivity index (χ2v) is 8.23. The average molecular weight is 378 g/mol. The van der Waals surface area contributed by atoms with Gasteiger partial charge in [0.2, 0.25) is 15.9 Å². The fraction of sp³-hybridized carbons (Fsp3) is 0.562. The fourth-order valence-electron chi connectivity index (χ4n) is 2.13. The molecule has 0 aliphatic rings. The molecular weight excluding hydrogens is 350 g/mol. The summed E-state index contributed by atoms with van der Waals surface area (Å²) in [5, 5.41) is 2.70. The number of benzene rings is 1. The smallest absolute Gasteiger partial charge is 0.241 e. The zero-order chi connectivity index (χ0) is 17.7. The third-order valence-electron chi connectivity index (χ3n) is 3.09. The first-order chi connectivity index (χ1) is 10.6. The molecule has 0 radical (unpaired) electrons. The molecule has 0 aliphatic carbocycles. The summed E-state index contributed by atoms with van der Waals surface area (Å²) in [6.45, 7) is 7.40. The minimum absolute atomic E-state index is 0. The molecule has 1 atom stereocenters. The molecule has 0 saturated carbocycles. The highest BCUT2D eigenvalue weighted by molar-refractivity contribution is 7.89. The molecule has 0 saturated heterocycles. The molecule has 0 aliphatic heterocycles. The van der Waals surface area contributed by atoms with Gasteiger partial charge < -0.3 is 11.1 Å². The van der Waals surface area contributed by atoms with Gasteiger partial charge in [0.15, 0.2) is 0 Å². The van der Waals surface area contributed by atoms with Crippen LogP contribution in [0.15, 0.2) is 29.2 Å². The highest BCUT2D eigenvalue weighted by Crippen LogP contribution is 2.17. The van der Waals surface area contributed by atoms with Gasteiger partial charge in [0.1, 0.15) is 0 Å². The Morgan fingerprint density at radius 1 is 1.25 bits per heavy atom. The van der Waals surface area contributed by atoms with Crippen LogP contribution < -0.4 is 15.8 Å². The number of rotatable bonds is 7. The zero-order valence-corrected chi connectivity index (χ0v) is 16.3. The average Bonchev–Trinajstić information content (AvgIpc) is 2.42. The number of carbonyl (C=O) groups is 1. The van der Waals surface area contributed by atoms with Crippen LogP contribution in [-0.4, -0.2) is 25.9 Å². The Hall–Kier alpha value is -1.15. The van der Waals surface area contributed by atoms with Crippen molar-refractivity contribution in [3.63, 3.8) is 0 Å². The largest absolute Gasteiger partial charge is 0.351 e. The highest BCUT2D eigenvalue weighted by atomic mass is 35.5. The van der Waals surface area contributed by atoms with Crippen LogP contribution in [0.2, 0.25) is 0 Å². The number of amides is 1. The molecule has 1 aromatic carbocycles. The number of sulfonamides is 1. The topological polar surface area (TPSA) is 101 Å². The summed E-state index contributed by atoms with van der Waals surface area (Å²) in [7, 11) is -3.66. The molecule has 1 aromatic rings. The number of hydrogen-bond donors (Lipinski definition) is 3. The van der Waals surface area contributed by atoms with E-state index in [1.54, 1.807) is 39.0 Å². The third-order valence-corrected chi connectivity index (χ3v) is 4.95. The van der Waals surface area contributed by atoms with E-state index in [9.17, 15) is 13.2 Å². The van der Waals surface area contributed by atoms with E-state index in [4.69, 9.17) is 5.73 Å². The summed E-state index contributed by atoms with van der Waals surface area (Å²) in [5.41, 5.74) is 5.70. The molecule has 0 bridgehead atoms. The van der Waals surface area contributed by atoms with Crippen LogP contribution in [0.4, 0.5) is 0 Å². The van der Waals surface area contributed by atoms with Crippen molar-refractivity contribution in [1.82, 2.24) is 10.0 Å². The monoisotopic (exact) mass is 377 g/mol. The van der Waals surface area contributed by atoms with Crippen LogP contribution in [0, 0.1) is 0 Å². The van der Waals surface area contributed by atoms with Gasteiger partial charge in [-0.15, -0.1) is 12.4 Å². The normalized spacial score (nSPS) is 13.0. The molecule has 8 heteroatoms. The van der Waals surface area contributed by atoms with E-state index in [0.29, 0.717) is 12.0 Å². The molecular formula is C16H28ClN3O3S. The number of nitrogens with one attached hydrogen (secondary N) is 2. The Morgan fingerprint density at radius 3 is 2.38 bits per heavy atom. The zero-order valence-electron chi connectivity index (χ0n) is 14.6. The first-order valence-corrected chi connectivity index (χ1v) is 9.20. The maximum atomic E-state index is 12.5. The molecule has 0 aromatic heterocycles. The lowest BCUT2D eigenvalue weighted by molar-refractivity contribution is -0.122. The van der Waals surface area contributed by atoms with Crippen molar-refractivity contribution in [2.24, 2.45) is 5.73 Å². The van der Waals surface area contributed by atoms with E-state index in [1.807, 2.05) is 6.92 Å². The van der Waals surface area contributed by atoms with Crippen molar-refractivity contribution in [2.45, 2.75) is 63.6 Å². The molecule has 0 heterocycles. The van der Waals surface area contributed by atoms with Gasteiger partial charge in [-0.25, -0.2) is 13.1 Å². The number of halogens is 1. The highest BCUT2D eigenvalue weighted by Gasteiger charge is 2.24. The van der Waals surface area contributed by atoms with Crippen molar-refractivity contribution in [3.8, 4) is 0 Å². The van der Waals surface area contributed by atoms with Crippen molar-refractivity contribution in [2.75, 3.05) is 0 Å². The van der Waals surface area contributed by atoms with E-state index in [-0.39, 0.29) is 29.8 Å². The van der Waals surface area contributed by atoms with E-state index in [1.165, 1.54) is 6.07 Å². The second-order valence-electron chi connectivity index (χ2n) is 6.58. The standard InChI is InChI=1S/C16H27N3O3S.ClH/c1-5-8-13(17)15(20)18-11-12-9-6-7-10-14(12)23(21,22)19-16(2,3)4;/h6-7,9-10,13,19H,5,8,11,17H2,1-4H3,(H,18,20);1H. The van der Waals surface area contributed by atoms with Crippen LogP contribution in [0.25, 0.3) is 0 Å². The first-order valence-electron chi connectivity index (χ1n) is 7.72. The SMILES string of the molecule is CCCC(N)C(=O)NCc1ccccc1S(=O)(=O)NC(C)(C)C.Cl. The number of carbonyl (C=O) groups excluding carboxylic acids is 1. The Kier molecular flexibility index (Phi) is 8.91. The fourth-order valence-corrected chi connectivity index (χ4v) is 3.78. The first kappa shape index (κ1) is 22.9. The van der Waals surface area contributed by atoms with E-state index >= 15 is 0 Å². The lowest BCUT2D eigenvalue weighted by atomic mass is 10.1. The van der Waals surface area contributed by atoms with Crippen LogP contribution in [0.1, 0.15) is 46.1 Å². The van der Waals surface area contributed by atoms with Gasteiger partial charge in [0, 0.05) is 12.1 Å². The van der Waals surface area contributed by atoms with Crippen molar-refractivity contribution < 1.29 is 13.2 Å². The molecule has 138 valence electrons. The minimum Gasteiger partial charge on any atom is -0.351 e. The number of hydrogen-bond acceptors (Lipinski definition) is 4. The second kappa shape index (κ2) is 9.36. The van der Waals surface area contributed by atoms with Crippen LogP contribution in [0.3, 0.4) is 0 Å². The Morgan fingerprint density at radius 2 is 1.83 bits per heavy atom. The van der Waals surface area contributed by atoms with Crippen molar-refractivity contribution in [3.05, 3.63) is 29.8 Å². The lowest BCUT2D eigenvalue weighted by Gasteiger charge is -2.21. The van der Waals surface area contributed by atoms with Gasteiger partial charge >= 0.3 is 0 Å². The van der Waals surface area contributed by atoms with Crippen molar-refractivity contribution in [1.29, 1.82) is 0 Å². The molecule has 1 amide bonds. The summed E-state index contributed by atoms with van der Waals surface area (Å²) in [4.78, 5) is 12.1. The van der Waals surface area contributed by atoms with E-state index < -0.39 is 21.6 Å². The van der Waals surface area contributed by atoms with E-state index in [2.05, 4.69) is 10.0 Å². The minimum atomic E-state index is -3.66. The molecule has 1 unspecified atom stereocenters. The van der Waals surface area contributed by atoms with Gasteiger partial charge in [-0.1, -0.05) is 31.5 Å². The van der Waals surface area contributed by atoms with Gasteiger partial charge in [0.25, 0.3) is 0 Å². The maximum Gasteiger partial charge on any atom is 0.241 e.